The molecule has 0 aliphatic carbocycles. The maximum atomic E-state index is 12.8. The zero-order valence-corrected chi connectivity index (χ0v) is 22.2. The molecule has 0 saturated heterocycles. The number of hydrogen-bond donors (Lipinski definition) is 5. The van der Waals surface area contributed by atoms with Crippen molar-refractivity contribution in [2.24, 2.45) is 0 Å². The van der Waals surface area contributed by atoms with Gasteiger partial charge in [0.25, 0.3) is 23.6 Å². The standard InChI is InChI=1S/C27H29N5O8/c1-28-23(35)21(20(34)15-33)31(3)26(38)18-11-7-16(8-12-18)5-6-17-9-13-19(14-10-17)27(39)32(4)22(24(36)29-2)25(37)30-40/h7-14,21-22,33,40H,15H2,1-4H3,(H,28,35)(H,29,36)(H,30,37). The van der Waals surface area contributed by atoms with Crippen LogP contribution >= 0.6 is 0 Å². The van der Waals surface area contributed by atoms with Gasteiger partial charge in [0.1, 0.15) is 6.61 Å². The predicted molar refractivity (Wildman–Crippen MR) is 141 cm³/mol. The van der Waals surface area contributed by atoms with Crippen LogP contribution in [0.4, 0.5) is 0 Å². The Balaban J connectivity index is 2.16. The smallest absolute Gasteiger partial charge is 0.275 e. The first kappa shape index (κ1) is 31.2. The van der Waals surface area contributed by atoms with Crippen molar-refractivity contribution in [2.45, 2.75) is 12.1 Å². The van der Waals surface area contributed by atoms with Crippen molar-refractivity contribution in [3.8, 4) is 11.8 Å². The highest BCUT2D eigenvalue weighted by Gasteiger charge is 2.34. The Morgan fingerprint density at radius 1 is 0.700 bits per heavy atom. The maximum absolute atomic E-state index is 12.8. The monoisotopic (exact) mass is 551 g/mol. The Kier molecular flexibility index (Phi) is 11.1. The molecule has 2 rings (SSSR count). The van der Waals surface area contributed by atoms with Crippen LogP contribution < -0.4 is 16.1 Å². The van der Waals surface area contributed by atoms with Gasteiger partial charge >= 0.3 is 0 Å². The number of nitrogens with one attached hydrogen (secondary N) is 3. The fourth-order valence-corrected chi connectivity index (χ4v) is 3.61. The summed E-state index contributed by atoms with van der Waals surface area (Å²) in [6.07, 6.45) is 0. The van der Waals surface area contributed by atoms with E-state index in [0.717, 1.165) is 9.80 Å². The van der Waals surface area contributed by atoms with Crippen LogP contribution in [0.1, 0.15) is 31.8 Å². The van der Waals surface area contributed by atoms with Gasteiger partial charge in [0.2, 0.25) is 5.91 Å². The fraction of sp³-hybridized carbons (Fsp3) is 0.259. The number of ketones is 1. The van der Waals surface area contributed by atoms with Crippen LogP contribution in [0.2, 0.25) is 0 Å². The van der Waals surface area contributed by atoms with Gasteiger partial charge < -0.3 is 25.5 Å². The Bertz CT molecular complexity index is 1210. The number of Topliss-reactive ketones (excluding diaryl/α,β-unsaturated/α-hetero) is 1. The van der Waals surface area contributed by atoms with Crippen LogP contribution in [-0.4, -0.2) is 102 Å². The Morgan fingerprint density at radius 3 is 1.43 bits per heavy atom. The van der Waals surface area contributed by atoms with Gasteiger partial charge in [-0.25, -0.2) is 5.48 Å². The first-order valence-corrected chi connectivity index (χ1v) is 11.8. The number of hydroxylamine groups is 1. The van der Waals surface area contributed by atoms with Crippen LogP contribution in [0.3, 0.4) is 0 Å². The van der Waals surface area contributed by atoms with E-state index in [0.29, 0.717) is 11.1 Å². The third-order valence-corrected chi connectivity index (χ3v) is 5.84. The third kappa shape index (κ3) is 7.28. The average Bonchev–Trinajstić information content (AvgIpc) is 2.99. The van der Waals surface area contributed by atoms with Gasteiger partial charge in [-0.2, -0.15) is 0 Å². The second-order valence-electron chi connectivity index (χ2n) is 8.37. The Labute approximate surface area is 230 Å². The zero-order valence-electron chi connectivity index (χ0n) is 22.2. The van der Waals surface area contributed by atoms with Gasteiger partial charge in [-0.05, 0) is 48.5 Å². The van der Waals surface area contributed by atoms with Gasteiger partial charge in [0.05, 0.1) is 0 Å². The van der Waals surface area contributed by atoms with E-state index in [9.17, 15) is 28.8 Å². The van der Waals surface area contributed by atoms with Crippen LogP contribution in [0.15, 0.2) is 48.5 Å². The van der Waals surface area contributed by atoms with Crippen LogP contribution in [0.5, 0.6) is 0 Å². The molecule has 0 aromatic heterocycles. The third-order valence-electron chi connectivity index (χ3n) is 5.84. The molecule has 0 saturated carbocycles. The number of carbonyl (C=O) groups is 6. The molecule has 40 heavy (non-hydrogen) atoms. The zero-order chi connectivity index (χ0) is 30.0. The number of aliphatic hydroxyl groups excluding tert-OH is 1. The lowest BCUT2D eigenvalue weighted by atomic mass is 10.1. The minimum Gasteiger partial charge on any atom is -0.388 e. The first-order valence-electron chi connectivity index (χ1n) is 11.8. The van der Waals surface area contributed by atoms with E-state index >= 15 is 0 Å². The number of rotatable bonds is 9. The van der Waals surface area contributed by atoms with Crippen molar-refractivity contribution >= 4 is 35.3 Å². The largest absolute Gasteiger partial charge is 0.388 e. The maximum Gasteiger partial charge on any atom is 0.275 e. The van der Waals surface area contributed by atoms with E-state index in [-0.39, 0.29) is 11.1 Å². The van der Waals surface area contributed by atoms with Crippen molar-refractivity contribution in [3.05, 3.63) is 70.8 Å². The summed E-state index contributed by atoms with van der Waals surface area (Å²) in [5.74, 6) is 1.19. The number of benzene rings is 2. The normalized spacial score (nSPS) is 11.6. The lowest BCUT2D eigenvalue weighted by molar-refractivity contribution is -0.141. The molecule has 210 valence electrons. The summed E-state index contributed by atoms with van der Waals surface area (Å²) < 4.78 is 0. The van der Waals surface area contributed by atoms with Gasteiger partial charge in [-0.3, -0.25) is 34.0 Å². The lowest BCUT2D eigenvalue weighted by Crippen LogP contribution is -2.54. The predicted octanol–water partition coefficient (Wildman–Crippen LogP) is -1.47. The quantitative estimate of drug-likeness (QED) is 0.108. The number of nitrogens with zero attached hydrogens (tertiary/aromatic N) is 2. The summed E-state index contributed by atoms with van der Waals surface area (Å²) in [5.41, 5.74) is 2.84. The topological polar surface area (TPSA) is 185 Å². The van der Waals surface area contributed by atoms with Crippen molar-refractivity contribution in [1.82, 2.24) is 25.9 Å². The van der Waals surface area contributed by atoms with Crippen molar-refractivity contribution in [3.63, 3.8) is 0 Å². The van der Waals surface area contributed by atoms with Gasteiger partial charge in [0.15, 0.2) is 17.9 Å². The van der Waals surface area contributed by atoms with Crippen molar-refractivity contribution in [2.75, 3.05) is 34.8 Å². The molecule has 0 spiro atoms. The molecular formula is C27H29N5O8. The second-order valence-corrected chi connectivity index (χ2v) is 8.37. The number of carbonyl (C=O) groups excluding carboxylic acids is 6. The molecule has 0 aliphatic rings. The van der Waals surface area contributed by atoms with Gasteiger partial charge in [-0.15, -0.1) is 0 Å². The van der Waals surface area contributed by atoms with Crippen molar-refractivity contribution in [1.29, 1.82) is 0 Å². The van der Waals surface area contributed by atoms with Gasteiger partial charge in [-0.1, -0.05) is 11.8 Å². The van der Waals surface area contributed by atoms with Gasteiger partial charge in [0, 0.05) is 50.4 Å². The second kappa shape index (κ2) is 14.2. The molecule has 0 aliphatic heterocycles. The summed E-state index contributed by atoms with van der Waals surface area (Å²) in [4.78, 5) is 75.3. The summed E-state index contributed by atoms with van der Waals surface area (Å²) in [5, 5.41) is 22.6. The molecule has 2 unspecified atom stereocenters. The van der Waals surface area contributed by atoms with E-state index in [4.69, 9.17) is 10.3 Å². The molecule has 13 nitrogen and oxygen atoms in total. The molecule has 0 radical (unpaired) electrons. The minimum absolute atomic E-state index is 0.175. The average molecular weight is 552 g/mol. The molecule has 2 atom stereocenters. The van der Waals surface area contributed by atoms with Crippen molar-refractivity contribution < 1.29 is 39.1 Å². The molecule has 5 amide bonds. The summed E-state index contributed by atoms with van der Waals surface area (Å²) in [6, 6.07) is 9.14. The highest BCUT2D eigenvalue weighted by atomic mass is 16.5. The summed E-state index contributed by atoms with van der Waals surface area (Å²) in [7, 11) is 5.15. The van der Waals surface area contributed by atoms with E-state index in [1.54, 1.807) is 24.3 Å². The molecule has 0 heterocycles. The fourth-order valence-electron chi connectivity index (χ4n) is 3.61. The first-order chi connectivity index (χ1) is 19.0. The molecule has 0 fully saturated rings. The van der Waals surface area contributed by atoms with E-state index < -0.39 is 54.0 Å². The van der Waals surface area contributed by atoms with E-state index in [2.05, 4.69) is 22.5 Å². The highest BCUT2D eigenvalue weighted by Crippen LogP contribution is 2.12. The number of likely N-dealkylation sites (N-methyl/N-ethyl adjacent to an activating group) is 4. The Hall–Kier alpha value is -5.06. The number of amides is 5. The molecule has 13 heteroatoms. The molecule has 2 aromatic carbocycles. The molecule has 2 aromatic rings. The minimum atomic E-state index is -1.58. The van der Waals surface area contributed by atoms with Crippen LogP contribution in [0.25, 0.3) is 0 Å². The highest BCUT2D eigenvalue weighted by molar-refractivity contribution is 6.10. The number of aliphatic hydroxyl groups is 1. The molecule has 5 N–H and O–H groups in total. The lowest BCUT2D eigenvalue weighted by Gasteiger charge is -2.25. The van der Waals surface area contributed by atoms with E-state index in [1.165, 1.54) is 57.9 Å². The SMILES string of the molecule is CNC(=O)C(C(=O)CO)N(C)C(=O)c1ccc(C#Cc2ccc(C(=O)N(C)C(C(=O)NC)C(=O)NO)cc2)cc1. The summed E-state index contributed by atoms with van der Waals surface area (Å²) in [6.45, 7) is -0.895. The Morgan fingerprint density at radius 2 is 1.07 bits per heavy atom. The van der Waals surface area contributed by atoms with E-state index in [1.807, 2.05) is 0 Å². The summed E-state index contributed by atoms with van der Waals surface area (Å²) >= 11 is 0. The molecular weight excluding hydrogens is 522 g/mol. The molecule has 0 bridgehead atoms. The van der Waals surface area contributed by atoms with Crippen LogP contribution in [0, 0.1) is 11.8 Å². The number of hydrogen-bond acceptors (Lipinski definition) is 8. The van der Waals surface area contributed by atoms with Crippen LogP contribution in [-0.2, 0) is 19.2 Å².